The lowest BCUT2D eigenvalue weighted by Crippen LogP contribution is -2.27. The van der Waals surface area contributed by atoms with Crippen LogP contribution in [0.25, 0.3) is 22.3 Å². The van der Waals surface area contributed by atoms with E-state index in [1.807, 2.05) is 42.5 Å². The van der Waals surface area contributed by atoms with Crippen LogP contribution >= 0.6 is 11.6 Å². The number of unbranched alkanes of at least 4 members (excludes halogenated alkanes) is 1. The van der Waals surface area contributed by atoms with Crippen LogP contribution in [0, 0.1) is 0 Å². The molecular weight excluding hydrogens is 474 g/mol. The molecule has 0 saturated carbocycles. The van der Waals surface area contributed by atoms with E-state index in [9.17, 15) is 9.59 Å². The fraction of sp³-hybridized carbons (Fsp3) is 0.241. The van der Waals surface area contributed by atoms with Gasteiger partial charge >= 0.3 is 5.97 Å². The van der Waals surface area contributed by atoms with Crippen molar-refractivity contribution in [2.45, 2.75) is 44.6 Å². The summed E-state index contributed by atoms with van der Waals surface area (Å²) in [5.74, 6) is -0.941. The second kappa shape index (κ2) is 10.5. The number of nitrogens with zero attached hydrogens (tertiary/aromatic N) is 2. The molecule has 0 bridgehead atoms. The second-order valence-corrected chi connectivity index (χ2v) is 9.53. The maximum Gasteiger partial charge on any atom is 0.303 e. The van der Waals surface area contributed by atoms with E-state index in [1.54, 1.807) is 12.1 Å². The average Bonchev–Trinajstić information content (AvgIpc) is 3.29. The predicted octanol–water partition coefficient (Wildman–Crippen LogP) is 6.16. The summed E-state index contributed by atoms with van der Waals surface area (Å²) in [5, 5.41) is 12.8. The number of carbonyl (C=O) groups excluding carboxylic acids is 1. The van der Waals surface area contributed by atoms with Gasteiger partial charge in [-0.2, -0.15) is 0 Å². The monoisotopic (exact) mass is 499 g/mol. The average molecular weight is 500 g/mol. The second-order valence-electron chi connectivity index (χ2n) is 9.09. The van der Waals surface area contributed by atoms with Crippen molar-refractivity contribution in [3.63, 3.8) is 0 Å². The Hall–Kier alpha value is -3.77. The van der Waals surface area contributed by atoms with Crippen molar-refractivity contribution in [2.75, 3.05) is 0 Å². The molecule has 6 nitrogen and oxygen atoms in total. The summed E-state index contributed by atoms with van der Waals surface area (Å²) in [6.45, 7) is 0. The molecular formula is C29H26ClN3O3. The Labute approximate surface area is 214 Å². The van der Waals surface area contributed by atoms with Crippen molar-refractivity contribution in [3.05, 3.63) is 94.1 Å². The molecule has 1 atom stereocenters. The molecule has 7 heteroatoms. The molecule has 1 aromatic heterocycles. The van der Waals surface area contributed by atoms with Crippen LogP contribution in [0.2, 0.25) is 5.02 Å². The Morgan fingerprint density at radius 2 is 1.78 bits per heavy atom. The third-order valence-corrected chi connectivity index (χ3v) is 6.86. The Balaban J connectivity index is 1.43. The number of hydrogen-bond donors (Lipinski definition) is 2. The molecule has 1 aliphatic rings. The number of fused-ring (bicyclic) bond motifs is 2. The largest absolute Gasteiger partial charge is 0.481 e. The molecule has 0 fully saturated rings. The van der Waals surface area contributed by atoms with Gasteiger partial charge in [0.15, 0.2) is 0 Å². The Morgan fingerprint density at radius 1 is 0.972 bits per heavy atom. The standard InChI is InChI=1S/C29H26ClN3O3/c30-21-13-9-19(10-14-21)28-25(7-3-4-8-27(34)35)31-26-17-20(12-16-24(26)32-28)29(36)33-23-15-11-18-5-1-2-6-22(18)23/h1-2,5-6,9-10,12-14,16-17,23H,3-4,7-8,11,15H2,(H,33,36)(H,34,35)/t23-/m1/s1. The lowest BCUT2D eigenvalue weighted by molar-refractivity contribution is -0.137. The van der Waals surface area contributed by atoms with Gasteiger partial charge in [-0.25, -0.2) is 9.97 Å². The van der Waals surface area contributed by atoms with E-state index in [4.69, 9.17) is 26.7 Å². The van der Waals surface area contributed by atoms with Crippen molar-refractivity contribution in [3.8, 4) is 11.3 Å². The molecule has 182 valence electrons. The molecule has 0 aliphatic heterocycles. The number of nitrogens with one attached hydrogen (secondary N) is 1. The summed E-state index contributed by atoms with van der Waals surface area (Å²) in [6, 6.07) is 21.1. The highest BCUT2D eigenvalue weighted by Crippen LogP contribution is 2.31. The summed E-state index contributed by atoms with van der Waals surface area (Å²) in [4.78, 5) is 33.8. The van der Waals surface area contributed by atoms with Gasteiger partial charge in [0.2, 0.25) is 0 Å². The van der Waals surface area contributed by atoms with Gasteiger partial charge in [-0.1, -0.05) is 48.0 Å². The van der Waals surface area contributed by atoms with Crippen LogP contribution in [0.5, 0.6) is 0 Å². The first-order chi connectivity index (χ1) is 17.5. The summed E-state index contributed by atoms with van der Waals surface area (Å²) >= 11 is 6.07. The smallest absolute Gasteiger partial charge is 0.303 e. The van der Waals surface area contributed by atoms with Gasteiger partial charge in [0.1, 0.15) is 0 Å². The molecule has 0 saturated heterocycles. The van der Waals surface area contributed by atoms with Gasteiger partial charge in [-0.05, 0) is 73.6 Å². The number of halogens is 1. The first-order valence-electron chi connectivity index (χ1n) is 12.1. The number of rotatable bonds is 8. The van der Waals surface area contributed by atoms with E-state index < -0.39 is 5.97 Å². The van der Waals surface area contributed by atoms with Crippen LogP contribution in [-0.4, -0.2) is 27.0 Å². The summed E-state index contributed by atoms with van der Waals surface area (Å²) < 4.78 is 0. The zero-order chi connectivity index (χ0) is 25.1. The number of aromatic nitrogens is 2. The zero-order valence-corrected chi connectivity index (χ0v) is 20.5. The van der Waals surface area contributed by atoms with Gasteiger partial charge in [0.05, 0.1) is 28.5 Å². The van der Waals surface area contributed by atoms with E-state index in [1.165, 1.54) is 11.1 Å². The van der Waals surface area contributed by atoms with Crippen LogP contribution < -0.4 is 5.32 Å². The molecule has 5 rings (SSSR count). The molecule has 0 spiro atoms. The Kier molecular flexibility index (Phi) is 6.96. The van der Waals surface area contributed by atoms with Crippen LogP contribution in [0.15, 0.2) is 66.7 Å². The van der Waals surface area contributed by atoms with Crippen molar-refractivity contribution < 1.29 is 14.7 Å². The Bertz CT molecular complexity index is 1440. The van der Waals surface area contributed by atoms with Crippen LogP contribution in [0.4, 0.5) is 0 Å². The van der Waals surface area contributed by atoms with Gasteiger partial charge < -0.3 is 10.4 Å². The van der Waals surface area contributed by atoms with Crippen LogP contribution in [0.3, 0.4) is 0 Å². The molecule has 1 heterocycles. The van der Waals surface area contributed by atoms with Gasteiger partial charge in [-0.15, -0.1) is 0 Å². The molecule has 4 aromatic rings. The third-order valence-electron chi connectivity index (χ3n) is 6.61. The predicted molar refractivity (Wildman–Crippen MR) is 140 cm³/mol. The fourth-order valence-corrected chi connectivity index (χ4v) is 4.89. The van der Waals surface area contributed by atoms with Crippen molar-refractivity contribution in [1.82, 2.24) is 15.3 Å². The number of aryl methyl sites for hydroxylation is 2. The van der Waals surface area contributed by atoms with E-state index in [0.717, 1.165) is 29.8 Å². The van der Waals surface area contributed by atoms with Gasteiger partial charge in [0.25, 0.3) is 5.91 Å². The highest BCUT2D eigenvalue weighted by molar-refractivity contribution is 6.30. The highest BCUT2D eigenvalue weighted by atomic mass is 35.5. The van der Waals surface area contributed by atoms with Crippen LogP contribution in [0.1, 0.15) is 58.9 Å². The first-order valence-corrected chi connectivity index (χ1v) is 12.5. The lowest BCUT2D eigenvalue weighted by atomic mass is 10.0. The van der Waals surface area contributed by atoms with E-state index >= 15 is 0 Å². The van der Waals surface area contributed by atoms with Crippen molar-refractivity contribution >= 4 is 34.5 Å². The Morgan fingerprint density at radius 3 is 2.58 bits per heavy atom. The quantitative estimate of drug-likeness (QED) is 0.283. The normalized spacial score (nSPS) is 14.5. The number of carbonyl (C=O) groups is 2. The molecule has 1 aliphatic carbocycles. The maximum atomic E-state index is 13.1. The summed E-state index contributed by atoms with van der Waals surface area (Å²) in [5.41, 5.74) is 6.75. The molecule has 0 unspecified atom stereocenters. The fourth-order valence-electron chi connectivity index (χ4n) is 4.76. The van der Waals surface area contributed by atoms with E-state index in [0.29, 0.717) is 40.9 Å². The molecule has 1 amide bonds. The van der Waals surface area contributed by atoms with Crippen molar-refractivity contribution in [2.24, 2.45) is 0 Å². The summed E-state index contributed by atoms with van der Waals surface area (Å²) in [7, 11) is 0. The lowest BCUT2D eigenvalue weighted by Gasteiger charge is -2.15. The van der Waals surface area contributed by atoms with Crippen molar-refractivity contribution in [1.29, 1.82) is 0 Å². The minimum absolute atomic E-state index is 0.00700. The molecule has 3 aromatic carbocycles. The summed E-state index contributed by atoms with van der Waals surface area (Å²) in [6.07, 6.45) is 3.79. The maximum absolute atomic E-state index is 13.1. The topological polar surface area (TPSA) is 92.2 Å². The first kappa shape index (κ1) is 23.9. The number of carboxylic acid groups (broad SMARTS) is 1. The van der Waals surface area contributed by atoms with E-state index in [-0.39, 0.29) is 18.4 Å². The number of carboxylic acids is 1. The number of aliphatic carboxylic acids is 1. The number of benzene rings is 3. The zero-order valence-electron chi connectivity index (χ0n) is 19.7. The highest BCUT2D eigenvalue weighted by Gasteiger charge is 2.24. The minimum Gasteiger partial charge on any atom is -0.481 e. The molecule has 36 heavy (non-hydrogen) atoms. The van der Waals surface area contributed by atoms with Gasteiger partial charge in [0, 0.05) is 22.6 Å². The van der Waals surface area contributed by atoms with Crippen LogP contribution in [-0.2, 0) is 17.6 Å². The molecule has 2 N–H and O–H groups in total. The molecule has 0 radical (unpaired) electrons. The van der Waals surface area contributed by atoms with E-state index in [2.05, 4.69) is 17.4 Å². The number of hydrogen-bond acceptors (Lipinski definition) is 4. The number of amides is 1. The van der Waals surface area contributed by atoms with Gasteiger partial charge in [-0.3, -0.25) is 9.59 Å². The third kappa shape index (κ3) is 5.24. The minimum atomic E-state index is -0.807. The SMILES string of the molecule is O=C(O)CCCCc1nc2cc(C(=O)N[C@@H]3CCc4ccccc43)ccc2nc1-c1ccc(Cl)cc1.